The van der Waals surface area contributed by atoms with Gasteiger partial charge in [-0.2, -0.15) is 0 Å². The van der Waals surface area contributed by atoms with Gasteiger partial charge >= 0.3 is 0 Å². The molecule has 0 N–H and O–H groups in total. The molecule has 4 saturated carbocycles. The second-order valence-electron chi connectivity index (χ2n) is 8.24. The van der Waals surface area contributed by atoms with Crippen LogP contribution in [-0.4, -0.2) is 9.97 Å². The van der Waals surface area contributed by atoms with Crippen LogP contribution in [-0.2, 0) is 5.41 Å². The molecule has 0 aromatic carbocycles. The highest BCUT2D eigenvalue weighted by molar-refractivity contribution is 9.10. The van der Waals surface area contributed by atoms with E-state index in [1.54, 1.807) is 0 Å². The lowest BCUT2D eigenvalue weighted by atomic mass is 9.40. The van der Waals surface area contributed by atoms with E-state index >= 15 is 0 Å². The normalized spacial score (nSPS) is 45.9. The highest BCUT2D eigenvalue weighted by Gasteiger charge is 2.61. The van der Waals surface area contributed by atoms with Crippen molar-refractivity contribution < 1.29 is 0 Å². The van der Waals surface area contributed by atoms with Crippen LogP contribution < -0.4 is 0 Å². The molecule has 0 spiro atoms. The maximum absolute atomic E-state index is 6.23. The average Bonchev–Trinajstić information content (AvgIpc) is 2.27. The fourth-order valence-electron chi connectivity index (χ4n) is 6.30. The first kappa shape index (κ1) is 13.5. The first-order valence-electron chi connectivity index (χ1n) is 7.50. The molecule has 0 aliphatic heterocycles. The van der Waals surface area contributed by atoms with Gasteiger partial charge in [0, 0.05) is 11.6 Å². The molecule has 1 heterocycles. The molecule has 0 radical (unpaired) electrons. The molecule has 4 fully saturated rings. The Morgan fingerprint density at radius 3 is 2.35 bits per heavy atom. The van der Waals surface area contributed by atoms with E-state index in [0.29, 0.717) is 16.0 Å². The van der Waals surface area contributed by atoms with Gasteiger partial charge in [0.05, 0.1) is 4.47 Å². The number of nitrogens with zero attached hydrogens (tertiary/aromatic N) is 2. The summed E-state index contributed by atoms with van der Waals surface area (Å²) < 4.78 is 0.796. The van der Waals surface area contributed by atoms with E-state index in [1.807, 2.05) is 6.20 Å². The van der Waals surface area contributed by atoms with Gasteiger partial charge in [0.2, 0.25) is 0 Å². The number of aromatic nitrogens is 2. The van der Waals surface area contributed by atoms with Crippen molar-refractivity contribution in [3.05, 3.63) is 21.6 Å². The van der Waals surface area contributed by atoms with Crippen molar-refractivity contribution in [2.24, 2.45) is 16.7 Å². The van der Waals surface area contributed by atoms with Crippen molar-refractivity contribution in [2.45, 2.75) is 57.8 Å². The molecule has 5 rings (SSSR count). The summed E-state index contributed by atoms with van der Waals surface area (Å²) in [5.41, 5.74) is 1.14. The molecule has 1 aromatic heterocycles. The second kappa shape index (κ2) is 3.98. The Labute approximate surface area is 133 Å². The zero-order valence-electron chi connectivity index (χ0n) is 12.0. The Bertz CT molecular complexity index is 570. The summed E-state index contributed by atoms with van der Waals surface area (Å²) in [5, 5.41) is 0.557. The van der Waals surface area contributed by atoms with E-state index in [2.05, 4.69) is 39.7 Å². The monoisotopic (exact) mass is 354 g/mol. The lowest BCUT2D eigenvalue weighted by molar-refractivity contribution is -0.112. The van der Waals surface area contributed by atoms with Crippen LogP contribution >= 0.6 is 27.5 Å². The fourth-order valence-corrected chi connectivity index (χ4v) is 6.62. The third-order valence-electron chi connectivity index (χ3n) is 5.80. The molecule has 0 saturated heterocycles. The second-order valence-corrected chi connectivity index (χ2v) is 9.46. The molecule has 4 aliphatic carbocycles. The van der Waals surface area contributed by atoms with E-state index in [0.717, 1.165) is 16.2 Å². The minimum atomic E-state index is 0.174. The van der Waals surface area contributed by atoms with Crippen LogP contribution in [0.1, 0.15) is 58.2 Å². The van der Waals surface area contributed by atoms with Gasteiger partial charge in [-0.3, -0.25) is 0 Å². The Hall–Kier alpha value is -0.150. The molecule has 2 nitrogen and oxygen atoms in total. The van der Waals surface area contributed by atoms with E-state index in [9.17, 15) is 0 Å². The minimum Gasteiger partial charge on any atom is -0.239 e. The number of hydrogen-bond acceptors (Lipinski definition) is 2. The summed E-state index contributed by atoms with van der Waals surface area (Å²) in [5.74, 6) is 1.85. The van der Waals surface area contributed by atoms with Crippen molar-refractivity contribution >= 4 is 27.5 Å². The molecule has 4 aliphatic rings. The van der Waals surface area contributed by atoms with Crippen LogP contribution in [0.2, 0.25) is 5.15 Å². The molecule has 20 heavy (non-hydrogen) atoms. The first-order valence-corrected chi connectivity index (χ1v) is 8.67. The summed E-state index contributed by atoms with van der Waals surface area (Å²) in [6.07, 6.45) is 9.74. The first-order chi connectivity index (χ1) is 9.32. The van der Waals surface area contributed by atoms with Gasteiger partial charge in [-0.25, -0.2) is 9.97 Å². The summed E-state index contributed by atoms with van der Waals surface area (Å²) in [6.45, 7) is 4.95. The van der Waals surface area contributed by atoms with Gasteiger partial charge in [0.15, 0.2) is 0 Å². The molecule has 2 atom stereocenters. The molecule has 0 amide bonds. The van der Waals surface area contributed by atoms with Gasteiger partial charge < -0.3 is 0 Å². The molecule has 1 aromatic rings. The van der Waals surface area contributed by atoms with Gasteiger partial charge in [-0.05, 0) is 71.2 Å². The van der Waals surface area contributed by atoms with E-state index in [1.165, 1.54) is 38.5 Å². The van der Waals surface area contributed by atoms with E-state index in [4.69, 9.17) is 11.6 Å². The van der Waals surface area contributed by atoms with Crippen LogP contribution in [0, 0.1) is 16.7 Å². The van der Waals surface area contributed by atoms with Gasteiger partial charge in [0.25, 0.3) is 0 Å². The quantitative estimate of drug-likeness (QED) is 0.652. The Morgan fingerprint density at radius 1 is 1.15 bits per heavy atom. The molecule has 4 heteroatoms. The lowest BCUT2D eigenvalue weighted by Crippen LogP contribution is -2.57. The summed E-state index contributed by atoms with van der Waals surface area (Å²) in [4.78, 5) is 9.28. The van der Waals surface area contributed by atoms with Crippen molar-refractivity contribution in [1.82, 2.24) is 9.97 Å². The van der Waals surface area contributed by atoms with E-state index < -0.39 is 0 Å². The van der Waals surface area contributed by atoms with Gasteiger partial charge in [0.1, 0.15) is 11.0 Å². The van der Waals surface area contributed by atoms with E-state index in [-0.39, 0.29) is 5.41 Å². The maximum Gasteiger partial charge on any atom is 0.146 e. The summed E-state index contributed by atoms with van der Waals surface area (Å²) in [7, 11) is 0. The SMILES string of the molecule is CC12CC3CC(C)(C1)CC(c1ncc(Br)c(Cl)n1)(C3)C2. The summed E-state index contributed by atoms with van der Waals surface area (Å²) in [6, 6.07) is 0. The Balaban J connectivity index is 1.82. The zero-order chi connectivity index (χ0) is 14.2. The smallest absolute Gasteiger partial charge is 0.146 e. The van der Waals surface area contributed by atoms with Gasteiger partial charge in [-0.1, -0.05) is 25.4 Å². The highest BCUT2D eigenvalue weighted by Crippen LogP contribution is 2.69. The van der Waals surface area contributed by atoms with Crippen molar-refractivity contribution in [1.29, 1.82) is 0 Å². The highest BCUT2D eigenvalue weighted by atomic mass is 79.9. The fraction of sp³-hybridized carbons (Fsp3) is 0.750. The third-order valence-corrected chi connectivity index (χ3v) is 6.90. The van der Waals surface area contributed by atoms with Crippen LogP contribution in [0.25, 0.3) is 0 Å². The Morgan fingerprint density at radius 2 is 1.80 bits per heavy atom. The molecular formula is C16H20BrClN2. The maximum atomic E-state index is 6.23. The standard InChI is InChI=1S/C16H20BrClN2/c1-14-3-10-4-15(2,7-14)9-16(5-10,8-14)13-19-6-11(17)12(18)20-13/h6,10H,3-5,7-9H2,1-2H3. The topological polar surface area (TPSA) is 25.8 Å². The summed E-state index contributed by atoms with van der Waals surface area (Å²) >= 11 is 9.63. The van der Waals surface area contributed by atoms with Crippen LogP contribution in [0.4, 0.5) is 0 Å². The minimum absolute atomic E-state index is 0.174. The molecule has 4 bridgehead atoms. The van der Waals surface area contributed by atoms with Crippen molar-refractivity contribution in [2.75, 3.05) is 0 Å². The number of halogens is 2. The predicted octanol–water partition coefficient (Wildman–Crippen LogP) is 5.14. The largest absolute Gasteiger partial charge is 0.239 e. The van der Waals surface area contributed by atoms with Gasteiger partial charge in [-0.15, -0.1) is 0 Å². The van der Waals surface area contributed by atoms with Crippen LogP contribution in [0.5, 0.6) is 0 Å². The number of rotatable bonds is 1. The third kappa shape index (κ3) is 1.89. The van der Waals surface area contributed by atoms with Crippen molar-refractivity contribution in [3.63, 3.8) is 0 Å². The van der Waals surface area contributed by atoms with Crippen LogP contribution in [0.15, 0.2) is 10.7 Å². The number of hydrogen-bond donors (Lipinski definition) is 0. The predicted molar refractivity (Wildman–Crippen MR) is 83.8 cm³/mol. The zero-order valence-corrected chi connectivity index (χ0v) is 14.4. The molecular weight excluding hydrogens is 336 g/mol. The van der Waals surface area contributed by atoms with Crippen molar-refractivity contribution in [3.8, 4) is 0 Å². The lowest BCUT2D eigenvalue weighted by Gasteiger charge is -2.64. The average molecular weight is 356 g/mol. The van der Waals surface area contributed by atoms with Crippen LogP contribution in [0.3, 0.4) is 0 Å². The Kier molecular flexibility index (Phi) is 2.69. The molecule has 108 valence electrons. The molecule has 2 unspecified atom stereocenters.